The van der Waals surface area contributed by atoms with E-state index in [0.29, 0.717) is 13.0 Å². The topological polar surface area (TPSA) is 112 Å². The number of aliphatic imine (C=N–C) groups is 1. The van der Waals surface area contributed by atoms with E-state index in [1.54, 1.807) is 32.5 Å². The Bertz CT molecular complexity index is 942. The van der Waals surface area contributed by atoms with Gasteiger partial charge in [0.2, 0.25) is 5.91 Å². The zero-order chi connectivity index (χ0) is 26.8. The van der Waals surface area contributed by atoms with Gasteiger partial charge in [-0.2, -0.15) is 0 Å². The Morgan fingerprint density at radius 1 is 1.22 bits per heavy atom. The fourth-order valence-corrected chi connectivity index (χ4v) is 6.05. The maximum Gasteiger partial charge on any atom is 0.223 e. The van der Waals surface area contributed by atoms with Crippen molar-refractivity contribution in [2.75, 3.05) is 6.54 Å². The highest BCUT2D eigenvalue weighted by atomic mass is 32.2. The van der Waals surface area contributed by atoms with Crippen molar-refractivity contribution in [1.82, 2.24) is 5.32 Å². The first-order valence-electron chi connectivity index (χ1n) is 13.2. The molecule has 0 aromatic rings. The van der Waals surface area contributed by atoms with Crippen LogP contribution in [0.5, 0.6) is 0 Å². The van der Waals surface area contributed by atoms with Crippen molar-refractivity contribution in [3.05, 3.63) is 22.6 Å². The lowest BCUT2D eigenvalue weighted by Crippen LogP contribution is -2.47. The van der Waals surface area contributed by atoms with Crippen molar-refractivity contribution in [2.24, 2.45) is 22.2 Å². The summed E-state index contributed by atoms with van der Waals surface area (Å²) in [5.74, 6) is -1.22. The van der Waals surface area contributed by atoms with Crippen molar-refractivity contribution in [3.8, 4) is 0 Å². The standard InChI is InChI=1S/C28H44N2O5S/c1-16(10-11-20-15-29-19(4)36-20)21-13-23-28(7,35-23)12-8-9-17(2)25(33)18(3)26(34)27(5,6)22(31)14-24(32)30-21/h10-11,17-18,21-23,25,31,33H,8-9,12-15H2,1-7H3,(H,30,32)/b16-10+,20-11?/t17-,18+,21-,22-,23-,25-,28+/m0/s1. The summed E-state index contributed by atoms with van der Waals surface area (Å²) in [5.41, 5.74) is -0.400. The zero-order valence-electron chi connectivity index (χ0n) is 22.8. The molecule has 2 fully saturated rings. The largest absolute Gasteiger partial charge is 0.392 e. The second-order valence-electron chi connectivity index (χ2n) is 11.7. The predicted octanol–water partition coefficient (Wildman–Crippen LogP) is 4.18. The Morgan fingerprint density at radius 2 is 1.92 bits per heavy atom. The van der Waals surface area contributed by atoms with Gasteiger partial charge in [-0.3, -0.25) is 14.6 Å². The minimum absolute atomic E-state index is 0.0280. The van der Waals surface area contributed by atoms with Gasteiger partial charge in [-0.1, -0.05) is 63.6 Å². The Kier molecular flexibility index (Phi) is 9.29. The summed E-state index contributed by atoms with van der Waals surface area (Å²) in [7, 11) is 0. The summed E-state index contributed by atoms with van der Waals surface area (Å²) >= 11 is 1.66. The molecule has 0 saturated carbocycles. The normalized spacial score (nSPS) is 40.0. The molecule has 3 rings (SSSR count). The highest BCUT2D eigenvalue weighted by Gasteiger charge is 2.52. The van der Waals surface area contributed by atoms with E-state index in [2.05, 4.69) is 23.3 Å². The Hall–Kier alpha value is -1.48. The van der Waals surface area contributed by atoms with Gasteiger partial charge in [0.25, 0.3) is 0 Å². The van der Waals surface area contributed by atoms with Gasteiger partial charge >= 0.3 is 0 Å². The van der Waals surface area contributed by atoms with E-state index in [1.807, 2.05) is 26.8 Å². The zero-order valence-corrected chi connectivity index (χ0v) is 23.7. The molecule has 0 aliphatic carbocycles. The molecule has 0 unspecified atom stereocenters. The van der Waals surface area contributed by atoms with Crippen LogP contribution in [0.1, 0.15) is 80.6 Å². The highest BCUT2D eigenvalue weighted by molar-refractivity contribution is 8.17. The Morgan fingerprint density at radius 3 is 2.56 bits per heavy atom. The smallest absolute Gasteiger partial charge is 0.223 e. The van der Waals surface area contributed by atoms with E-state index in [-0.39, 0.29) is 41.8 Å². The third-order valence-corrected chi connectivity index (χ3v) is 9.28. The monoisotopic (exact) mass is 520 g/mol. The minimum Gasteiger partial charge on any atom is -0.392 e. The molecule has 2 saturated heterocycles. The van der Waals surface area contributed by atoms with Crippen molar-refractivity contribution in [2.45, 2.75) is 111 Å². The van der Waals surface area contributed by atoms with Crippen LogP contribution < -0.4 is 5.32 Å². The van der Waals surface area contributed by atoms with Crippen LogP contribution in [-0.4, -0.2) is 63.4 Å². The first-order chi connectivity index (χ1) is 16.7. The predicted molar refractivity (Wildman–Crippen MR) is 145 cm³/mol. The summed E-state index contributed by atoms with van der Waals surface area (Å²) in [4.78, 5) is 31.9. The van der Waals surface area contributed by atoms with E-state index < -0.39 is 23.5 Å². The molecule has 3 aliphatic rings. The molecule has 0 aromatic carbocycles. The number of ether oxygens (including phenoxy) is 1. The number of ketones is 1. The lowest BCUT2D eigenvalue weighted by molar-refractivity contribution is -0.143. The van der Waals surface area contributed by atoms with Crippen LogP contribution in [0, 0.1) is 17.3 Å². The molecule has 3 heterocycles. The van der Waals surface area contributed by atoms with Gasteiger partial charge in [0.05, 0.1) is 53.4 Å². The summed E-state index contributed by atoms with van der Waals surface area (Å²) in [6.45, 7) is 13.8. The number of hydrogen-bond acceptors (Lipinski definition) is 7. The molecule has 202 valence electrons. The summed E-state index contributed by atoms with van der Waals surface area (Å²) in [6.07, 6.45) is 5.16. The first kappa shape index (κ1) is 29.1. The molecule has 0 radical (unpaired) electrons. The molecule has 7 nitrogen and oxygen atoms in total. The number of epoxide rings is 1. The Balaban J connectivity index is 1.82. The van der Waals surface area contributed by atoms with E-state index in [0.717, 1.165) is 29.9 Å². The third-order valence-electron chi connectivity index (χ3n) is 8.33. The minimum atomic E-state index is -1.16. The SMILES string of the molecule is CC1=NCC(=C/C=C(\C)[C@@H]2C[C@@H]3O[C@]3(C)CCC[C@H](C)[C@H](O)[C@@H](C)C(=O)C(C)(C)[C@@H](O)CC(=O)N2)S1. The maximum absolute atomic E-state index is 13.3. The lowest BCUT2D eigenvalue weighted by atomic mass is 9.72. The molecule has 0 spiro atoms. The number of fused-ring (bicyclic) bond motifs is 1. The molecule has 0 bridgehead atoms. The molecule has 1 amide bonds. The van der Waals surface area contributed by atoms with Gasteiger partial charge in [-0.15, -0.1) is 0 Å². The van der Waals surface area contributed by atoms with Crippen LogP contribution in [0.15, 0.2) is 27.6 Å². The van der Waals surface area contributed by atoms with Gasteiger partial charge < -0.3 is 20.3 Å². The average Bonchev–Trinajstić information content (AvgIpc) is 3.24. The van der Waals surface area contributed by atoms with Crippen LogP contribution in [0.4, 0.5) is 0 Å². The van der Waals surface area contributed by atoms with Crippen molar-refractivity contribution in [1.29, 1.82) is 0 Å². The van der Waals surface area contributed by atoms with E-state index in [1.165, 1.54) is 4.91 Å². The number of carbonyl (C=O) groups is 2. The molecule has 7 atom stereocenters. The number of hydrogen-bond donors (Lipinski definition) is 3. The van der Waals surface area contributed by atoms with Crippen LogP contribution >= 0.6 is 11.8 Å². The molecule has 8 heteroatoms. The van der Waals surface area contributed by atoms with E-state index in [4.69, 9.17) is 4.74 Å². The summed E-state index contributed by atoms with van der Waals surface area (Å²) in [5, 5.41) is 25.9. The quantitative estimate of drug-likeness (QED) is 0.471. The second-order valence-corrected chi connectivity index (χ2v) is 13.0. The number of rotatable bonds is 2. The van der Waals surface area contributed by atoms with Crippen molar-refractivity contribution in [3.63, 3.8) is 0 Å². The lowest BCUT2D eigenvalue weighted by Gasteiger charge is -2.34. The highest BCUT2D eigenvalue weighted by Crippen LogP contribution is 2.44. The van der Waals surface area contributed by atoms with Gasteiger partial charge in [0.15, 0.2) is 0 Å². The fourth-order valence-electron chi connectivity index (χ4n) is 5.28. The molecule has 3 N–H and O–H groups in total. The summed E-state index contributed by atoms with van der Waals surface area (Å²) in [6, 6.07) is -0.242. The number of nitrogens with one attached hydrogen (secondary N) is 1. The second kappa shape index (κ2) is 11.5. The summed E-state index contributed by atoms with van der Waals surface area (Å²) < 4.78 is 6.11. The molecular weight excluding hydrogens is 476 g/mol. The number of thioether (sulfide) groups is 1. The van der Waals surface area contributed by atoms with E-state index in [9.17, 15) is 19.8 Å². The van der Waals surface area contributed by atoms with Crippen LogP contribution in [0.3, 0.4) is 0 Å². The number of aliphatic hydroxyl groups is 2. The molecule has 0 aromatic heterocycles. The molecule has 36 heavy (non-hydrogen) atoms. The number of nitrogens with zero attached hydrogens (tertiary/aromatic N) is 1. The van der Waals surface area contributed by atoms with Crippen LogP contribution in [0.25, 0.3) is 0 Å². The van der Waals surface area contributed by atoms with Gasteiger partial charge in [-0.05, 0) is 39.5 Å². The van der Waals surface area contributed by atoms with Crippen LogP contribution in [0.2, 0.25) is 0 Å². The fraction of sp³-hybridized carbons (Fsp3) is 0.750. The molecular formula is C28H44N2O5S. The van der Waals surface area contributed by atoms with Crippen molar-refractivity contribution < 1.29 is 24.5 Å². The Labute approximate surface area is 220 Å². The maximum atomic E-state index is 13.3. The number of carbonyl (C=O) groups excluding carboxylic acids is 2. The number of allylic oxidation sites excluding steroid dienone is 2. The van der Waals surface area contributed by atoms with Gasteiger partial charge in [0.1, 0.15) is 5.78 Å². The number of Topliss-reactive ketones (excluding diaryl/α,β-unsaturated/α-hetero) is 1. The first-order valence-corrected chi connectivity index (χ1v) is 14.0. The third kappa shape index (κ3) is 6.88. The van der Waals surface area contributed by atoms with Crippen LogP contribution in [-0.2, 0) is 14.3 Å². The van der Waals surface area contributed by atoms with Crippen molar-refractivity contribution >= 4 is 28.5 Å². The van der Waals surface area contributed by atoms with Gasteiger partial charge in [0, 0.05) is 17.2 Å². The molecule has 3 aliphatic heterocycles. The average molecular weight is 521 g/mol. The number of aliphatic hydroxyl groups excluding tert-OH is 2. The van der Waals surface area contributed by atoms with Gasteiger partial charge in [-0.25, -0.2) is 0 Å². The van der Waals surface area contributed by atoms with E-state index >= 15 is 0 Å². The number of amides is 1.